The van der Waals surface area contributed by atoms with Crippen molar-refractivity contribution in [1.29, 1.82) is 0 Å². The molecule has 15 heavy (non-hydrogen) atoms. The highest BCUT2D eigenvalue weighted by molar-refractivity contribution is 6.04. The number of unbranched alkanes of at least 4 members (excludes halogenated alkanes) is 1. The van der Waals surface area contributed by atoms with Gasteiger partial charge in [-0.1, -0.05) is 19.8 Å². The van der Waals surface area contributed by atoms with E-state index in [0.717, 1.165) is 19.3 Å². The minimum atomic E-state index is -1.28. The molecule has 1 rings (SSSR count). The molecule has 0 aromatic heterocycles. The molecule has 2 unspecified atom stereocenters. The second-order valence-corrected chi connectivity index (χ2v) is 4.30. The highest BCUT2D eigenvalue weighted by atomic mass is 16.4. The fourth-order valence-electron chi connectivity index (χ4n) is 2.32. The molecule has 0 spiro atoms. The summed E-state index contributed by atoms with van der Waals surface area (Å²) in [4.78, 5) is 23.2. The monoisotopic (exact) mass is 213 g/mol. The van der Waals surface area contributed by atoms with Crippen molar-refractivity contribution in [2.45, 2.75) is 51.5 Å². The van der Waals surface area contributed by atoms with E-state index in [1.165, 1.54) is 0 Å². The van der Waals surface area contributed by atoms with Crippen LogP contribution in [0.3, 0.4) is 0 Å². The molecule has 4 nitrogen and oxygen atoms in total. The number of ketones is 1. The lowest BCUT2D eigenvalue weighted by Gasteiger charge is -2.27. The zero-order valence-electron chi connectivity index (χ0n) is 9.16. The number of rotatable bonds is 5. The molecular formula is C11H19NO3. The highest BCUT2D eigenvalue weighted by Crippen LogP contribution is 2.39. The second kappa shape index (κ2) is 4.75. The molecular weight excluding hydrogens is 194 g/mol. The minimum Gasteiger partial charge on any atom is -0.480 e. The average Bonchev–Trinajstić information content (AvgIpc) is 2.57. The van der Waals surface area contributed by atoms with Crippen LogP contribution >= 0.6 is 0 Å². The van der Waals surface area contributed by atoms with Crippen molar-refractivity contribution in [1.82, 2.24) is 0 Å². The molecule has 0 aromatic carbocycles. The molecule has 1 aliphatic carbocycles. The number of nitrogens with two attached hydrogens (primary N) is 1. The molecule has 1 saturated carbocycles. The maximum absolute atomic E-state index is 11.9. The van der Waals surface area contributed by atoms with E-state index in [0.29, 0.717) is 19.3 Å². The lowest BCUT2D eigenvalue weighted by molar-refractivity contribution is -0.155. The normalized spacial score (nSPS) is 30.4. The lowest BCUT2D eigenvalue weighted by atomic mass is 9.77. The number of Topliss-reactive ketones (excluding diaryl/α,β-unsaturated/α-hetero) is 1. The molecule has 0 aromatic rings. The van der Waals surface area contributed by atoms with Gasteiger partial charge in [0, 0.05) is 12.5 Å². The Morgan fingerprint density at radius 1 is 1.53 bits per heavy atom. The Hall–Kier alpha value is -0.900. The van der Waals surface area contributed by atoms with Crippen molar-refractivity contribution in [3.05, 3.63) is 0 Å². The molecule has 86 valence electrons. The number of carbonyl (C=O) groups excluding carboxylic acids is 1. The van der Waals surface area contributed by atoms with Gasteiger partial charge < -0.3 is 10.8 Å². The van der Waals surface area contributed by atoms with Gasteiger partial charge in [0.2, 0.25) is 0 Å². The summed E-state index contributed by atoms with van der Waals surface area (Å²) in [5.74, 6) is -1.21. The Labute approximate surface area is 89.8 Å². The lowest BCUT2D eigenvalue weighted by Crippen LogP contribution is -2.49. The number of carboxylic acid groups (broad SMARTS) is 1. The van der Waals surface area contributed by atoms with Crippen LogP contribution in [0.4, 0.5) is 0 Å². The molecule has 0 bridgehead atoms. The predicted molar refractivity (Wildman–Crippen MR) is 56.4 cm³/mol. The number of hydrogen-bond donors (Lipinski definition) is 2. The Morgan fingerprint density at radius 2 is 2.20 bits per heavy atom. The Bertz CT molecular complexity index is 265. The standard InChI is InChI=1S/C11H19NO3/c1-2-3-6-9(13)11(10(14)15)7-4-5-8(11)12/h8H,2-7,12H2,1H3,(H,14,15). The smallest absolute Gasteiger partial charge is 0.318 e. The van der Waals surface area contributed by atoms with Crippen LogP contribution in [-0.2, 0) is 9.59 Å². The van der Waals surface area contributed by atoms with Crippen molar-refractivity contribution in [3.63, 3.8) is 0 Å². The summed E-state index contributed by atoms with van der Waals surface area (Å²) in [7, 11) is 0. The molecule has 1 aliphatic rings. The number of carbonyl (C=O) groups is 2. The quantitative estimate of drug-likeness (QED) is 0.675. The second-order valence-electron chi connectivity index (χ2n) is 4.30. The van der Waals surface area contributed by atoms with Crippen LogP contribution in [0.25, 0.3) is 0 Å². The fraction of sp³-hybridized carbons (Fsp3) is 0.818. The van der Waals surface area contributed by atoms with Crippen molar-refractivity contribution in [2.24, 2.45) is 11.1 Å². The zero-order chi connectivity index (χ0) is 11.5. The first-order valence-electron chi connectivity index (χ1n) is 5.58. The summed E-state index contributed by atoms with van der Waals surface area (Å²) in [6.07, 6.45) is 3.79. The third kappa shape index (κ3) is 2.04. The number of aliphatic carboxylic acids is 1. The van der Waals surface area contributed by atoms with Gasteiger partial charge >= 0.3 is 5.97 Å². The molecule has 0 saturated heterocycles. The van der Waals surface area contributed by atoms with Crippen molar-refractivity contribution in [3.8, 4) is 0 Å². The molecule has 0 radical (unpaired) electrons. The number of carboxylic acids is 1. The average molecular weight is 213 g/mol. The summed E-state index contributed by atoms with van der Waals surface area (Å²) in [6, 6.07) is -0.501. The van der Waals surface area contributed by atoms with Crippen molar-refractivity contribution >= 4 is 11.8 Å². The predicted octanol–water partition coefficient (Wildman–Crippen LogP) is 1.33. The summed E-state index contributed by atoms with van der Waals surface area (Å²) in [6.45, 7) is 1.98. The van der Waals surface area contributed by atoms with Crippen LogP contribution < -0.4 is 5.73 Å². The summed E-state index contributed by atoms with van der Waals surface area (Å²) in [5.41, 5.74) is 4.50. The van der Waals surface area contributed by atoms with E-state index in [9.17, 15) is 14.7 Å². The van der Waals surface area contributed by atoms with E-state index >= 15 is 0 Å². The zero-order valence-corrected chi connectivity index (χ0v) is 9.16. The van der Waals surface area contributed by atoms with Crippen LogP contribution in [0, 0.1) is 5.41 Å². The van der Waals surface area contributed by atoms with E-state index in [2.05, 4.69) is 0 Å². The largest absolute Gasteiger partial charge is 0.480 e. The van der Waals surface area contributed by atoms with Gasteiger partial charge in [0.15, 0.2) is 5.78 Å². The van der Waals surface area contributed by atoms with Gasteiger partial charge in [-0.15, -0.1) is 0 Å². The SMILES string of the molecule is CCCCC(=O)C1(C(=O)O)CCCC1N. The Kier molecular flexibility index (Phi) is 3.85. The first-order chi connectivity index (χ1) is 7.05. The first kappa shape index (κ1) is 12.2. The highest BCUT2D eigenvalue weighted by Gasteiger charge is 2.52. The fourth-order valence-corrected chi connectivity index (χ4v) is 2.32. The summed E-state index contributed by atoms with van der Waals surface area (Å²) >= 11 is 0. The third-order valence-corrected chi connectivity index (χ3v) is 3.36. The van der Waals surface area contributed by atoms with Crippen LogP contribution in [0.15, 0.2) is 0 Å². The van der Waals surface area contributed by atoms with E-state index in [-0.39, 0.29) is 5.78 Å². The number of hydrogen-bond acceptors (Lipinski definition) is 3. The van der Waals surface area contributed by atoms with E-state index in [1.807, 2.05) is 6.92 Å². The Morgan fingerprint density at radius 3 is 2.60 bits per heavy atom. The van der Waals surface area contributed by atoms with Crippen LogP contribution in [0.2, 0.25) is 0 Å². The van der Waals surface area contributed by atoms with Gasteiger partial charge in [-0.2, -0.15) is 0 Å². The minimum absolute atomic E-state index is 0.179. The topological polar surface area (TPSA) is 80.4 Å². The van der Waals surface area contributed by atoms with Crippen LogP contribution in [-0.4, -0.2) is 22.9 Å². The van der Waals surface area contributed by atoms with Gasteiger partial charge in [0.25, 0.3) is 0 Å². The van der Waals surface area contributed by atoms with E-state index in [1.54, 1.807) is 0 Å². The maximum atomic E-state index is 11.9. The van der Waals surface area contributed by atoms with Crippen molar-refractivity contribution < 1.29 is 14.7 Å². The van der Waals surface area contributed by atoms with Gasteiger partial charge in [0.05, 0.1) is 0 Å². The van der Waals surface area contributed by atoms with E-state index < -0.39 is 17.4 Å². The molecule has 0 amide bonds. The van der Waals surface area contributed by atoms with Gasteiger partial charge in [0.1, 0.15) is 5.41 Å². The summed E-state index contributed by atoms with van der Waals surface area (Å²) in [5, 5.41) is 9.20. The van der Waals surface area contributed by atoms with Gasteiger partial charge in [-0.25, -0.2) is 0 Å². The molecule has 2 atom stereocenters. The van der Waals surface area contributed by atoms with E-state index in [4.69, 9.17) is 5.73 Å². The van der Waals surface area contributed by atoms with Crippen LogP contribution in [0.5, 0.6) is 0 Å². The Balaban J connectivity index is 2.82. The van der Waals surface area contributed by atoms with Crippen LogP contribution in [0.1, 0.15) is 45.4 Å². The first-order valence-corrected chi connectivity index (χ1v) is 5.58. The summed E-state index contributed by atoms with van der Waals surface area (Å²) < 4.78 is 0. The van der Waals surface area contributed by atoms with Gasteiger partial charge in [-0.05, 0) is 19.3 Å². The van der Waals surface area contributed by atoms with Gasteiger partial charge in [-0.3, -0.25) is 9.59 Å². The maximum Gasteiger partial charge on any atom is 0.318 e. The molecule has 0 aliphatic heterocycles. The third-order valence-electron chi connectivity index (χ3n) is 3.36. The molecule has 1 fully saturated rings. The van der Waals surface area contributed by atoms with Crippen molar-refractivity contribution in [2.75, 3.05) is 0 Å². The molecule has 0 heterocycles. The molecule has 3 N–H and O–H groups in total. The molecule has 4 heteroatoms.